The van der Waals surface area contributed by atoms with E-state index in [9.17, 15) is 0 Å². The summed E-state index contributed by atoms with van der Waals surface area (Å²) in [6.45, 7) is 0. The lowest BCUT2D eigenvalue weighted by atomic mass is 10.1. The Labute approximate surface area is 235 Å². The molecule has 6 aromatic carbocycles. The lowest BCUT2D eigenvalue weighted by Gasteiger charge is -2.34. The van der Waals surface area contributed by atoms with Crippen LogP contribution in [-0.2, 0) is 0 Å². The summed E-state index contributed by atoms with van der Waals surface area (Å²) in [6, 6.07) is 57.4. The average Bonchev–Trinajstić information content (AvgIpc) is 3.37. The molecule has 0 saturated heterocycles. The number of fused-ring (bicyclic) bond motifs is 3. The molecule has 1 aromatic heterocycles. The third-order valence-corrected chi connectivity index (χ3v) is 12.8. The molecule has 0 fully saturated rings. The van der Waals surface area contributed by atoms with Crippen LogP contribution < -0.4 is 25.5 Å². The van der Waals surface area contributed by atoms with Crippen LogP contribution >= 0.6 is 0 Å². The van der Waals surface area contributed by atoms with Crippen molar-refractivity contribution in [2.24, 2.45) is 0 Å². The summed E-state index contributed by atoms with van der Waals surface area (Å²) in [5.41, 5.74) is 3.61. The highest BCUT2D eigenvalue weighted by atomic mass is 28.3. The van der Waals surface area contributed by atoms with Crippen molar-refractivity contribution in [2.75, 3.05) is 7.11 Å². The molecule has 0 radical (unpaired) electrons. The maximum absolute atomic E-state index is 5.56. The van der Waals surface area contributed by atoms with Gasteiger partial charge >= 0.3 is 0 Å². The Morgan fingerprint density at radius 3 is 1.57 bits per heavy atom. The molecule has 3 heteroatoms. The van der Waals surface area contributed by atoms with E-state index in [-0.39, 0.29) is 0 Å². The van der Waals surface area contributed by atoms with Crippen molar-refractivity contribution in [1.82, 2.24) is 4.57 Å². The van der Waals surface area contributed by atoms with Gasteiger partial charge in [0.25, 0.3) is 0 Å². The summed E-state index contributed by atoms with van der Waals surface area (Å²) >= 11 is 0. The molecule has 0 aliphatic carbocycles. The fraction of sp³-hybridized carbons (Fsp3) is 0.0270. The van der Waals surface area contributed by atoms with E-state index in [0.717, 1.165) is 5.75 Å². The van der Waals surface area contributed by atoms with Crippen molar-refractivity contribution in [3.63, 3.8) is 0 Å². The summed E-state index contributed by atoms with van der Waals surface area (Å²) in [5.74, 6) is 0.870. The van der Waals surface area contributed by atoms with Crippen molar-refractivity contribution in [3.05, 3.63) is 158 Å². The normalized spacial score (nSPS) is 11.6. The second kappa shape index (κ2) is 10.0. The van der Waals surface area contributed by atoms with Crippen molar-refractivity contribution < 1.29 is 4.74 Å². The molecule has 1 heterocycles. The number of para-hydroxylation sites is 2. The standard InChI is InChI=1S/C37H29NOSi/c1-39-29-21-23-32(24-22-29)40(30-15-7-3-8-16-30,31-17-9-4-10-18-31)33-25-26-37-35(27-33)34-19-11-12-20-36(34)38(37)28-13-5-2-6-14-28/h2-27H,1H3. The smallest absolute Gasteiger partial charge is 0.179 e. The van der Waals surface area contributed by atoms with Gasteiger partial charge < -0.3 is 9.30 Å². The molecule has 0 amide bonds. The molecule has 0 saturated carbocycles. The van der Waals surface area contributed by atoms with Gasteiger partial charge in [0.1, 0.15) is 5.75 Å². The van der Waals surface area contributed by atoms with E-state index >= 15 is 0 Å². The molecule has 2 nitrogen and oxygen atoms in total. The molecule has 0 spiro atoms. The molecule has 0 aliphatic heterocycles. The minimum absolute atomic E-state index is 0.870. The van der Waals surface area contributed by atoms with Crippen LogP contribution in [0.2, 0.25) is 0 Å². The number of methoxy groups -OCH3 is 1. The maximum Gasteiger partial charge on any atom is 0.179 e. The van der Waals surface area contributed by atoms with Gasteiger partial charge in [-0.1, -0.05) is 121 Å². The van der Waals surface area contributed by atoms with Crippen LogP contribution in [0.1, 0.15) is 0 Å². The first-order chi connectivity index (χ1) is 19.8. The van der Waals surface area contributed by atoms with Crippen molar-refractivity contribution >= 4 is 50.6 Å². The molecule has 192 valence electrons. The number of aromatic nitrogens is 1. The van der Waals surface area contributed by atoms with Crippen molar-refractivity contribution in [2.45, 2.75) is 0 Å². The molecule has 0 atom stereocenters. The van der Waals surface area contributed by atoms with Gasteiger partial charge in [-0.05, 0) is 57.1 Å². The van der Waals surface area contributed by atoms with Crippen LogP contribution in [0.5, 0.6) is 5.75 Å². The fourth-order valence-electron chi connectivity index (χ4n) is 6.28. The third kappa shape index (κ3) is 3.78. The van der Waals surface area contributed by atoms with Crippen LogP contribution in [0.15, 0.2) is 158 Å². The van der Waals surface area contributed by atoms with Gasteiger partial charge in [0.2, 0.25) is 0 Å². The van der Waals surface area contributed by atoms with Gasteiger partial charge in [0, 0.05) is 16.5 Å². The Morgan fingerprint density at radius 1 is 0.450 bits per heavy atom. The first-order valence-electron chi connectivity index (χ1n) is 13.7. The van der Waals surface area contributed by atoms with Crippen LogP contribution in [0.3, 0.4) is 0 Å². The van der Waals surface area contributed by atoms with E-state index in [2.05, 4.69) is 162 Å². The highest BCUT2D eigenvalue weighted by Crippen LogP contribution is 2.31. The topological polar surface area (TPSA) is 14.2 Å². The molecule has 7 aromatic rings. The Kier molecular flexibility index (Phi) is 6.07. The Morgan fingerprint density at radius 2 is 0.950 bits per heavy atom. The maximum atomic E-state index is 5.56. The van der Waals surface area contributed by atoms with Gasteiger partial charge in [-0.25, -0.2) is 0 Å². The first-order valence-corrected chi connectivity index (χ1v) is 15.7. The number of ether oxygens (including phenoxy) is 1. The Bertz CT molecular complexity index is 1870. The number of hydrogen-bond donors (Lipinski definition) is 0. The molecule has 7 rings (SSSR count). The highest BCUT2D eigenvalue weighted by Gasteiger charge is 2.41. The monoisotopic (exact) mass is 531 g/mol. The van der Waals surface area contributed by atoms with E-state index in [1.165, 1.54) is 48.2 Å². The van der Waals surface area contributed by atoms with Crippen LogP contribution in [-0.4, -0.2) is 19.8 Å². The molecule has 0 bridgehead atoms. The first kappa shape index (κ1) is 24.2. The quantitative estimate of drug-likeness (QED) is 0.185. The molecule has 0 N–H and O–H groups in total. The van der Waals surface area contributed by atoms with Gasteiger partial charge in [0.15, 0.2) is 8.07 Å². The minimum atomic E-state index is -2.68. The molecule has 0 unspecified atom stereocenters. The third-order valence-electron chi connectivity index (χ3n) is 8.06. The number of hydrogen-bond acceptors (Lipinski definition) is 1. The van der Waals surface area contributed by atoms with Crippen molar-refractivity contribution in [3.8, 4) is 11.4 Å². The fourth-order valence-corrected chi connectivity index (χ4v) is 11.0. The summed E-state index contributed by atoms with van der Waals surface area (Å²) in [4.78, 5) is 0. The largest absolute Gasteiger partial charge is 0.497 e. The summed E-state index contributed by atoms with van der Waals surface area (Å²) < 4.78 is 7.95. The summed E-state index contributed by atoms with van der Waals surface area (Å²) in [5, 5.41) is 7.95. The molecule has 40 heavy (non-hydrogen) atoms. The second-order valence-electron chi connectivity index (χ2n) is 10.1. The zero-order chi connectivity index (χ0) is 26.9. The minimum Gasteiger partial charge on any atom is -0.497 e. The van der Waals surface area contributed by atoms with E-state index in [0.29, 0.717) is 0 Å². The van der Waals surface area contributed by atoms with Gasteiger partial charge in [0.05, 0.1) is 18.1 Å². The van der Waals surface area contributed by atoms with Gasteiger partial charge in [-0.3, -0.25) is 0 Å². The van der Waals surface area contributed by atoms with E-state index in [4.69, 9.17) is 4.74 Å². The zero-order valence-electron chi connectivity index (χ0n) is 22.4. The van der Waals surface area contributed by atoms with Gasteiger partial charge in [-0.15, -0.1) is 0 Å². The van der Waals surface area contributed by atoms with E-state index < -0.39 is 8.07 Å². The Hall–Kier alpha value is -4.86. The summed E-state index contributed by atoms with van der Waals surface area (Å²) in [6.07, 6.45) is 0. The molecular formula is C37H29NOSi. The molecule has 0 aliphatic rings. The Balaban J connectivity index is 1.59. The lowest BCUT2D eigenvalue weighted by Crippen LogP contribution is -2.74. The zero-order valence-corrected chi connectivity index (χ0v) is 23.4. The van der Waals surface area contributed by atoms with Crippen LogP contribution in [0, 0.1) is 0 Å². The average molecular weight is 532 g/mol. The van der Waals surface area contributed by atoms with Crippen LogP contribution in [0.4, 0.5) is 0 Å². The number of nitrogens with zero attached hydrogens (tertiary/aromatic N) is 1. The SMILES string of the molecule is COc1ccc([Si](c2ccccc2)(c2ccccc2)c2ccc3c(c2)c2ccccc2n3-c2ccccc2)cc1. The van der Waals surface area contributed by atoms with E-state index in [1.807, 2.05) is 0 Å². The predicted molar refractivity (Wildman–Crippen MR) is 171 cm³/mol. The van der Waals surface area contributed by atoms with E-state index in [1.54, 1.807) is 7.11 Å². The number of rotatable bonds is 6. The predicted octanol–water partition coefficient (Wildman–Crippen LogP) is 6.17. The van der Waals surface area contributed by atoms with Crippen LogP contribution in [0.25, 0.3) is 27.5 Å². The summed E-state index contributed by atoms with van der Waals surface area (Å²) in [7, 11) is -0.948. The molecular weight excluding hydrogens is 502 g/mol. The highest BCUT2D eigenvalue weighted by molar-refractivity contribution is 7.20. The van der Waals surface area contributed by atoms with Gasteiger partial charge in [-0.2, -0.15) is 0 Å². The van der Waals surface area contributed by atoms with Crippen molar-refractivity contribution in [1.29, 1.82) is 0 Å². The second-order valence-corrected chi connectivity index (χ2v) is 13.9. The lowest BCUT2D eigenvalue weighted by molar-refractivity contribution is 0.415. The number of benzene rings is 6.